The number of ether oxygens (including phenoxy) is 8. The molecule has 1 heterocycles. The molecule has 1 fully saturated rings. The predicted octanol–water partition coefficient (Wildman–Crippen LogP) is 1.31. The Hall–Kier alpha value is -5.06. The van der Waals surface area contributed by atoms with Crippen LogP contribution in [0.5, 0.6) is 5.75 Å². The second-order valence-corrected chi connectivity index (χ2v) is 10.0. The minimum atomic E-state index is -1.44. The van der Waals surface area contributed by atoms with E-state index in [4.69, 9.17) is 43.3 Å². The van der Waals surface area contributed by atoms with Crippen molar-refractivity contribution in [3.8, 4) is 5.75 Å². The molecule has 2 rings (SSSR count). The number of alkyl carbamates (subject to hydrolysis) is 1. The highest BCUT2D eigenvalue weighted by Crippen LogP contribution is 2.31. The third-order valence-corrected chi connectivity index (χ3v) is 6.20. The highest BCUT2D eigenvalue weighted by molar-refractivity contribution is 6.26. The molecule has 1 aliphatic heterocycles. The van der Waals surface area contributed by atoms with Gasteiger partial charge in [-0.2, -0.15) is 0 Å². The Labute approximate surface area is 269 Å². The van der Waals surface area contributed by atoms with Crippen molar-refractivity contribution in [1.82, 2.24) is 5.32 Å². The van der Waals surface area contributed by atoms with E-state index < -0.39 is 85.1 Å². The Bertz CT molecular complexity index is 1300. The SMILES string of the molecule is CCOC(=O)[C@H](CCC(=O)C=N)NC(=O)OCc1ccc(O[C@H]2O[C@H](COC(C)=O)[C@H](OC(C)=O)[C@H](OC(C)=O)[C@H]2OC(C)=O)cc1. The molecule has 0 unspecified atom stereocenters. The number of carbonyl (C=O) groups excluding carboxylic acids is 7. The Kier molecular flexibility index (Phi) is 15.2. The zero-order valence-electron chi connectivity index (χ0n) is 26.5. The molecule has 0 aliphatic carbocycles. The van der Waals surface area contributed by atoms with E-state index in [0.29, 0.717) is 11.8 Å². The van der Waals surface area contributed by atoms with Crippen molar-refractivity contribution >= 4 is 47.9 Å². The quantitative estimate of drug-likeness (QED) is 0.144. The summed E-state index contributed by atoms with van der Waals surface area (Å²) in [5, 5.41) is 9.33. The van der Waals surface area contributed by atoms with Crippen LogP contribution in [0.3, 0.4) is 0 Å². The normalized spacial score (nSPS) is 20.7. The summed E-state index contributed by atoms with van der Waals surface area (Å²) in [4.78, 5) is 83.4. The van der Waals surface area contributed by atoms with Gasteiger partial charge >= 0.3 is 35.9 Å². The topological polar surface area (TPSA) is 229 Å². The van der Waals surface area contributed by atoms with E-state index >= 15 is 0 Å². The predicted molar refractivity (Wildman–Crippen MR) is 156 cm³/mol. The van der Waals surface area contributed by atoms with Gasteiger partial charge in [0.15, 0.2) is 18.0 Å². The summed E-state index contributed by atoms with van der Waals surface area (Å²) in [7, 11) is 0. The highest BCUT2D eigenvalue weighted by Gasteiger charge is 2.53. The summed E-state index contributed by atoms with van der Waals surface area (Å²) < 4.78 is 43.1. The fraction of sp³-hybridized carbons (Fsp3) is 0.533. The van der Waals surface area contributed by atoms with Crippen molar-refractivity contribution in [2.75, 3.05) is 13.2 Å². The molecule has 0 aromatic heterocycles. The van der Waals surface area contributed by atoms with Gasteiger partial charge < -0.3 is 48.6 Å². The summed E-state index contributed by atoms with van der Waals surface area (Å²) in [6.07, 6.45) is -7.41. The molecule has 17 heteroatoms. The summed E-state index contributed by atoms with van der Waals surface area (Å²) in [5.41, 5.74) is 0.487. The Morgan fingerprint density at radius 1 is 0.830 bits per heavy atom. The number of ketones is 1. The van der Waals surface area contributed by atoms with Gasteiger partial charge in [-0.3, -0.25) is 24.0 Å². The average Bonchev–Trinajstić information content (AvgIpc) is 3.00. The summed E-state index contributed by atoms with van der Waals surface area (Å²) in [5.74, 6) is -4.14. The van der Waals surface area contributed by atoms with Crippen LogP contribution in [0.4, 0.5) is 4.79 Å². The first-order valence-corrected chi connectivity index (χ1v) is 14.4. The number of rotatable bonds is 16. The minimum Gasteiger partial charge on any atom is -0.464 e. The van der Waals surface area contributed by atoms with Crippen molar-refractivity contribution in [2.24, 2.45) is 0 Å². The largest absolute Gasteiger partial charge is 0.464 e. The molecular formula is C30H38N2O15. The van der Waals surface area contributed by atoms with Crippen LogP contribution in [0, 0.1) is 5.41 Å². The molecule has 1 aromatic carbocycles. The van der Waals surface area contributed by atoms with E-state index in [-0.39, 0.29) is 31.8 Å². The van der Waals surface area contributed by atoms with Crippen molar-refractivity contribution < 1.29 is 71.5 Å². The third-order valence-electron chi connectivity index (χ3n) is 6.20. The molecule has 0 spiro atoms. The average molecular weight is 667 g/mol. The number of Topliss-reactive ketones (excluding diaryl/α,β-unsaturated/α-hetero) is 1. The van der Waals surface area contributed by atoms with Crippen LogP contribution in [0.2, 0.25) is 0 Å². The van der Waals surface area contributed by atoms with Gasteiger partial charge in [-0.1, -0.05) is 12.1 Å². The number of hydrogen-bond donors (Lipinski definition) is 2. The zero-order valence-corrected chi connectivity index (χ0v) is 26.5. The first-order chi connectivity index (χ1) is 22.2. The molecule has 2 N–H and O–H groups in total. The minimum absolute atomic E-state index is 0.0521. The molecule has 1 aliphatic rings. The fourth-order valence-electron chi connectivity index (χ4n) is 4.27. The van der Waals surface area contributed by atoms with Crippen molar-refractivity contribution in [2.45, 2.75) is 90.8 Å². The smallest absolute Gasteiger partial charge is 0.408 e. The number of nitrogens with one attached hydrogen (secondary N) is 2. The number of esters is 5. The lowest BCUT2D eigenvalue weighted by Crippen LogP contribution is -2.63. The van der Waals surface area contributed by atoms with Gasteiger partial charge in [0.2, 0.25) is 12.4 Å². The van der Waals surface area contributed by atoms with Crippen LogP contribution >= 0.6 is 0 Å². The monoisotopic (exact) mass is 666 g/mol. The number of hydrogen-bond acceptors (Lipinski definition) is 16. The second kappa shape index (κ2) is 18.8. The number of carbonyl (C=O) groups is 7. The molecular weight excluding hydrogens is 628 g/mol. The number of amides is 1. The first-order valence-electron chi connectivity index (χ1n) is 14.4. The van der Waals surface area contributed by atoms with Crippen LogP contribution in [0.1, 0.15) is 53.0 Å². The van der Waals surface area contributed by atoms with Gasteiger partial charge in [0, 0.05) is 34.1 Å². The van der Waals surface area contributed by atoms with E-state index in [1.807, 2.05) is 0 Å². The Morgan fingerprint density at radius 2 is 1.43 bits per heavy atom. The van der Waals surface area contributed by atoms with Crippen LogP contribution in [0.25, 0.3) is 0 Å². The lowest BCUT2D eigenvalue weighted by Gasteiger charge is -2.43. The first kappa shape index (κ1) is 38.1. The molecule has 47 heavy (non-hydrogen) atoms. The van der Waals surface area contributed by atoms with E-state index in [9.17, 15) is 33.6 Å². The zero-order chi connectivity index (χ0) is 35.1. The molecule has 258 valence electrons. The van der Waals surface area contributed by atoms with Crippen LogP contribution in [-0.2, 0) is 68.5 Å². The summed E-state index contributed by atoms with van der Waals surface area (Å²) in [6.45, 7) is 5.43. The van der Waals surface area contributed by atoms with Crippen molar-refractivity contribution in [3.63, 3.8) is 0 Å². The van der Waals surface area contributed by atoms with Gasteiger partial charge in [0.25, 0.3) is 0 Å². The lowest BCUT2D eigenvalue weighted by atomic mass is 9.98. The van der Waals surface area contributed by atoms with Gasteiger partial charge in [-0.25, -0.2) is 9.59 Å². The summed E-state index contributed by atoms with van der Waals surface area (Å²) in [6, 6.07) is 4.83. The van der Waals surface area contributed by atoms with Gasteiger partial charge in [0.1, 0.15) is 31.1 Å². The lowest BCUT2D eigenvalue weighted by molar-refractivity contribution is -0.288. The van der Waals surface area contributed by atoms with Gasteiger partial charge in [-0.05, 0) is 31.0 Å². The molecule has 6 atom stereocenters. The fourth-order valence-corrected chi connectivity index (χ4v) is 4.27. The number of benzene rings is 1. The van der Waals surface area contributed by atoms with E-state index in [2.05, 4.69) is 5.32 Å². The second-order valence-electron chi connectivity index (χ2n) is 10.0. The van der Waals surface area contributed by atoms with Gasteiger partial charge in [0.05, 0.1) is 12.8 Å². The maximum atomic E-state index is 12.4. The molecule has 1 aromatic rings. The molecule has 1 amide bonds. The molecule has 0 radical (unpaired) electrons. The molecule has 0 saturated carbocycles. The van der Waals surface area contributed by atoms with E-state index in [1.165, 1.54) is 24.3 Å². The van der Waals surface area contributed by atoms with E-state index in [0.717, 1.165) is 27.7 Å². The maximum absolute atomic E-state index is 12.4. The van der Waals surface area contributed by atoms with Crippen LogP contribution < -0.4 is 10.1 Å². The van der Waals surface area contributed by atoms with Crippen molar-refractivity contribution in [1.29, 1.82) is 5.41 Å². The molecule has 1 saturated heterocycles. The Balaban J connectivity index is 2.19. The molecule has 0 bridgehead atoms. The van der Waals surface area contributed by atoms with Gasteiger partial charge in [-0.15, -0.1) is 0 Å². The molecule has 17 nitrogen and oxygen atoms in total. The van der Waals surface area contributed by atoms with Crippen LogP contribution in [-0.4, -0.2) is 97.9 Å². The standard InChI is InChI=1S/C30H38N2O15/c1-6-40-28(38)23(12-9-21(37)13-31)32-30(39)42-14-20-7-10-22(11-8-20)46-29-27(45-19(5)36)26(44-18(4)35)25(43-17(3)34)24(47-29)15-41-16(2)33/h7-8,10-11,13,23-27,29,31H,6,9,12,14-15H2,1-5H3,(H,32,39)/t23-,24+,25-,26-,27+,29-/m0/s1. The van der Waals surface area contributed by atoms with Crippen molar-refractivity contribution in [3.05, 3.63) is 29.8 Å². The van der Waals surface area contributed by atoms with Crippen LogP contribution in [0.15, 0.2) is 24.3 Å². The Morgan fingerprint density at radius 3 is 1.98 bits per heavy atom. The highest BCUT2D eigenvalue weighted by atomic mass is 16.7. The third kappa shape index (κ3) is 13.1. The summed E-state index contributed by atoms with van der Waals surface area (Å²) >= 11 is 0. The maximum Gasteiger partial charge on any atom is 0.408 e. The van der Waals surface area contributed by atoms with E-state index in [1.54, 1.807) is 6.92 Å².